The highest BCUT2D eigenvalue weighted by atomic mass is 32.2. The molecule has 6 aromatic rings. The lowest BCUT2D eigenvalue weighted by molar-refractivity contribution is -0.119. The Bertz CT molecular complexity index is 2220. The molecular formula is C36H34N4O5S3. The number of para-hydroxylation sites is 2. The van der Waals surface area contributed by atoms with Gasteiger partial charge in [0.15, 0.2) is 0 Å². The number of carbonyl (C=O) groups excluding carboxylic acids is 1. The van der Waals surface area contributed by atoms with Crippen LogP contribution in [0.3, 0.4) is 0 Å². The molecule has 12 heteroatoms. The summed E-state index contributed by atoms with van der Waals surface area (Å²) in [6.45, 7) is 1.63. The van der Waals surface area contributed by atoms with Crippen molar-refractivity contribution >= 4 is 59.5 Å². The average molecular weight is 699 g/mol. The van der Waals surface area contributed by atoms with Crippen molar-refractivity contribution in [1.29, 1.82) is 0 Å². The highest BCUT2D eigenvalue weighted by Crippen LogP contribution is 2.28. The smallest absolute Gasteiger partial charge is 0.264 e. The molecule has 0 aliphatic heterocycles. The predicted molar refractivity (Wildman–Crippen MR) is 190 cm³/mol. The van der Waals surface area contributed by atoms with Gasteiger partial charge in [0.05, 0.1) is 9.79 Å². The Labute approximate surface area is 284 Å². The highest BCUT2D eigenvalue weighted by molar-refractivity contribution is 7.99. The number of hydrogen-bond acceptors (Lipinski definition) is 7. The van der Waals surface area contributed by atoms with Crippen LogP contribution < -0.4 is 9.86 Å². The number of sulfonamides is 2. The van der Waals surface area contributed by atoms with Crippen LogP contribution in [0.2, 0.25) is 0 Å². The molecule has 0 radical (unpaired) electrons. The SMILES string of the molecule is NS(=O)(=O)c1ccc(CN(CCSc2ccccc2)Cc2ccc(S(=O)(=O)NC(=O)Cn3c4ccccc4c4ccccc43)cc2)cc1. The monoisotopic (exact) mass is 698 g/mol. The van der Waals surface area contributed by atoms with E-state index < -0.39 is 26.0 Å². The second kappa shape index (κ2) is 14.3. The van der Waals surface area contributed by atoms with E-state index in [4.69, 9.17) is 5.14 Å². The lowest BCUT2D eigenvalue weighted by atomic mass is 10.1. The van der Waals surface area contributed by atoms with E-state index in [-0.39, 0.29) is 16.3 Å². The lowest BCUT2D eigenvalue weighted by Crippen LogP contribution is -2.33. The first kappa shape index (κ1) is 33.4. The van der Waals surface area contributed by atoms with Crippen molar-refractivity contribution in [2.45, 2.75) is 34.3 Å². The minimum absolute atomic E-state index is 0.00779. The Balaban J connectivity index is 1.14. The number of nitrogens with two attached hydrogens (primary N) is 1. The summed E-state index contributed by atoms with van der Waals surface area (Å²) in [6.07, 6.45) is 0. The standard InChI is InChI=1S/C36H34N4O5S3/c37-47(42,43)30-18-14-27(15-19-30)24-39(22-23-46-29-8-2-1-3-9-29)25-28-16-20-31(21-17-28)48(44,45)38-36(41)26-40-34-12-6-4-10-32(34)33-11-5-7-13-35(33)40/h1-21H,22-26H2,(H,38,41)(H2,37,42,43). The largest absolute Gasteiger partial charge is 0.331 e. The molecule has 0 fully saturated rings. The molecule has 5 aromatic carbocycles. The molecule has 0 atom stereocenters. The van der Waals surface area contributed by atoms with Gasteiger partial charge in [-0.1, -0.05) is 78.9 Å². The van der Waals surface area contributed by atoms with E-state index in [1.54, 1.807) is 36.0 Å². The molecule has 6 rings (SSSR count). The van der Waals surface area contributed by atoms with Gasteiger partial charge in [-0.15, -0.1) is 11.8 Å². The summed E-state index contributed by atoms with van der Waals surface area (Å²) in [5.74, 6) is 0.171. The Morgan fingerprint density at radius 1 is 0.667 bits per heavy atom. The number of nitrogens with zero attached hydrogens (tertiary/aromatic N) is 2. The molecule has 0 aliphatic rings. The Kier molecular flexibility index (Phi) is 9.99. The molecule has 3 N–H and O–H groups in total. The van der Waals surface area contributed by atoms with Crippen molar-refractivity contribution in [2.75, 3.05) is 12.3 Å². The molecule has 48 heavy (non-hydrogen) atoms. The van der Waals surface area contributed by atoms with Crippen molar-refractivity contribution in [3.8, 4) is 0 Å². The van der Waals surface area contributed by atoms with Crippen molar-refractivity contribution in [3.63, 3.8) is 0 Å². The van der Waals surface area contributed by atoms with Crippen molar-refractivity contribution in [1.82, 2.24) is 14.2 Å². The highest BCUT2D eigenvalue weighted by Gasteiger charge is 2.20. The number of nitrogens with one attached hydrogen (secondary N) is 1. The third-order valence-electron chi connectivity index (χ3n) is 7.95. The van der Waals surface area contributed by atoms with E-state index >= 15 is 0 Å². The summed E-state index contributed by atoms with van der Waals surface area (Å²) in [5, 5.41) is 7.25. The van der Waals surface area contributed by atoms with Gasteiger partial charge in [0.25, 0.3) is 15.9 Å². The van der Waals surface area contributed by atoms with E-state index in [1.165, 1.54) is 24.3 Å². The third-order valence-corrected chi connectivity index (χ3v) is 11.3. The number of benzene rings is 5. The number of primary sulfonamides is 1. The Morgan fingerprint density at radius 3 is 1.71 bits per heavy atom. The minimum atomic E-state index is -4.11. The molecule has 1 heterocycles. The van der Waals surface area contributed by atoms with Crippen LogP contribution in [-0.4, -0.2) is 44.5 Å². The summed E-state index contributed by atoms with van der Waals surface area (Å²) in [5.41, 5.74) is 3.50. The van der Waals surface area contributed by atoms with E-state index in [0.29, 0.717) is 13.1 Å². The lowest BCUT2D eigenvalue weighted by Gasteiger charge is -2.23. The van der Waals surface area contributed by atoms with Gasteiger partial charge in [-0.25, -0.2) is 26.7 Å². The van der Waals surface area contributed by atoms with Gasteiger partial charge < -0.3 is 4.57 Å². The maximum absolute atomic E-state index is 13.2. The minimum Gasteiger partial charge on any atom is -0.331 e. The van der Waals surface area contributed by atoms with Gasteiger partial charge in [0, 0.05) is 52.1 Å². The van der Waals surface area contributed by atoms with Crippen LogP contribution >= 0.6 is 11.8 Å². The third kappa shape index (κ3) is 7.97. The van der Waals surface area contributed by atoms with Crippen LogP contribution in [0.1, 0.15) is 11.1 Å². The number of thioether (sulfide) groups is 1. The molecule has 0 saturated carbocycles. The summed E-state index contributed by atoms with van der Waals surface area (Å²) in [7, 11) is -7.90. The van der Waals surface area contributed by atoms with Crippen molar-refractivity contribution in [3.05, 3.63) is 139 Å². The summed E-state index contributed by atoms with van der Waals surface area (Å²) in [6, 6.07) is 38.5. The van der Waals surface area contributed by atoms with Gasteiger partial charge in [-0.3, -0.25) is 9.69 Å². The topological polar surface area (TPSA) is 132 Å². The summed E-state index contributed by atoms with van der Waals surface area (Å²) in [4.78, 5) is 16.5. The van der Waals surface area contributed by atoms with Gasteiger partial charge >= 0.3 is 0 Å². The predicted octanol–water partition coefficient (Wildman–Crippen LogP) is 5.74. The first-order chi connectivity index (χ1) is 23.1. The molecule has 0 saturated heterocycles. The zero-order chi connectivity index (χ0) is 33.7. The van der Waals surface area contributed by atoms with Crippen LogP contribution in [0.25, 0.3) is 21.8 Å². The van der Waals surface area contributed by atoms with Gasteiger partial charge in [0.2, 0.25) is 10.0 Å². The molecule has 9 nitrogen and oxygen atoms in total. The van der Waals surface area contributed by atoms with Crippen LogP contribution in [0, 0.1) is 0 Å². The fraction of sp³-hybridized carbons (Fsp3) is 0.139. The molecule has 0 aliphatic carbocycles. The second-order valence-corrected chi connectivity index (χ2v) is 15.8. The summed E-state index contributed by atoms with van der Waals surface area (Å²) >= 11 is 1.73. The molecule has 0 bridgehead atoms. The Morgan fingerprint density at radius 2 is 1.17 bits per heavy atom. The number of rotatable bonds is 13. The second-order valence-electron chi connectivity index (χ2n) is 11.4. The van der Waals surface area contributed by atoms with Crippen LogP contribution in [0.5, 0.6) is 0 Å². The van der Waals surface area contributed by atoms with Crippen molar-refractivity contribution in [2.24, 2.45) is 5.14 Å². The zero-order valence-corrected chi connectivity index (χ0v) is 28.3. The number of hydrogen-bond donors (Lipinski definition) is 2. The van der Waals surface area contributed by atoms with Gasteiger partial charge in [-0.2, -0.15) is 0 Å². The Hall–Kier alpha value is -4.46. The van der Waals surface area contributed by atoms with Crippen LogP contribution in [0.15, 0.2) is 142 Å². The molecule has 246 valence electrons. The average Bonchev–Trinajstić information content (AvgIpc) is 3.38. The van der Waals surface area contributed by atoms with Gasteiger partial charge in [-0.05, 0) is 59.7 Å². The van der Waals surface area contributed by atoms with Crippen molar-refractivity contribution < 1.29 is 21.6 Å². The van der Waals surface area contributed by atoms with Crippen LogP contribution in [-0.2, 0) is 44.5 Å². The quantitative estimate of drug-likeness (QED) is 0.147. The fourth-order valence-electron chi connectivity index (χ4n) is 5.66. The number of fused-ring (bicyclic) bond motifs is 3. The molecular weight excluding hydrogens is 665 g/mol. The summed E-state index contributed by atoms with van der Waals surface area (Å²) < 4.78 is 54.0. The normalized spacial score (nSPS) is 12.1. The number of aromatic nitrogens is 1. The molecule has 1 aromatic heterocycles. The fourth-order valence-corrected chi connectivity index (χ4v) is 8.08. The molecule has 0 spiro atoms. The first-order valence-electron chi connectivity index (χ1n) is 15.2. The van der Waals surface area contributed by atoms with E-state index in [1.807, 2.05) is 71.3 Å². The number of carbonyl (C=O) groups is 1. The molecule has 0 unspecified atom stereocenters. The zero-order valence-electron chi connectivity index (χ0n) is 25.9. The van der Waals surface area contributed by atoms with E-state index in [9.17, 15) is 21.6 Å². The first-order valence-corrected chi connectivity index (χ1v) is 19.2. The molecule has 1 amide bonds. The van der Waals surface area contributed by atoms with Gasteiger partial charge in [0.1, 0.15) is 6.54 Å². The van der Waals surface area contributed by atoms with E-state index in [2.05, 4.69) is 21.8 Å². The van der Waals surface area contributed by atoms with E-state index in [0.717, 1.165) is 50.1 Å². The van der Waals surface area contributed by atoms with Crippen LogP contribution in [0.4, 0.5) is 0 Å². The maximum atomic E-state index is 13.2. The maximum Gasteiger partial charge on any atom is 0.264 e. The number of amides is 1.